The van der Waals surface area contributed by atoms with Crippen molar-refractivity contribution >= 4 is 17.3 Å². The van der Waals surface area contributed by atoms with Crippen LogP contribution in [0, 0.1) is 12.3 Å². The molecule has 1 heterocycles. The van der Waals surface area contributed by atoms with Crippen LogP contribution in [-0.2, 0) is 4.74 Å². The second kappa shape index (κ2) is 8.75. The predicted molar refractivity (Wildman–Crippen MR) is 129 cm³/mol. The maximum absolute atomic E-state index is 6.13. The van der Waals surface area contributed by atoms with Crippen molar-refractivity contribution in [2.75, 3.05) is 6.61 Å². The molecule has 0 N–H and O–H groups in total. The summed E-state index contributed by atoms with van der Waals surface area (Å²) in [5.41, 5.74) is 6.74. The molecule has 0 aliphatic carbocycles. The van der Waals surface area contributed by atoms with Gasteiger partial charge in [0.05, 0.1) is 11.7 Å². The van der Waals surface area contributed by atoms with Crippen LogP contribution in [0.3, 0.4) is 0 Å². The second-order valence-electron chi connectivity index (χ2n) is 10.0. The summed E-state index contributed by atoms with van der Waals surface area (Å²) in [5.74, 6) is 1.43. The van der Waals surface area contributed by atoms with Gasteiger partial charge in [-0.25, -0.2) is 9.98 Å². The van der Waals surface area contributed by atoms with E-state index in [4.69, 9.17) is 14.7 Å². The third-order valence-electron chi connectivity index (χ3n) is 5.74. The van der Waals surface area contributed by atoms with Crippen LogP contribution in [0.2, 0.25) is 0 Å². The smallest absolute Gasteiger partial charge is 0.236 e. The van der Waals surface area contributed by atoms with E-state index in [0.29, 0.717) is 24.3 Å². The van der Waals surface area contributed by atoms with Gasteiger partial charge in [0.15, 0.2) is 0 Å². The fraction of sp³-hybridized carbons (Fsp3) is 0.481. The monoisotopic (exact) mass is 404 g/mol. The Kier molecular flexibility index (Phi) is 6.50. The zero-order chi connectivity index (χ0) is 22.1. The molecule has 3 nitrogen and oxygen atoms in total. The van der Waals surface area contributed by atoms with Crippen molar-refractivity contribution in [3.8, 4) is 0 Å². The highest BCUT2D eigenvalue weighted by atomic mass is 16.5. The Morgan fingerprint density at radius 1 is 0.967 bits per heavy atom. The molecular weight excluding hydrogens is 368 g/mol. The number of aliphatic imine (C=N–C) groups is 2. The van der Waals surface area contributed by atoms with E-state index >= 15 is 0 Å². The molecule has 0 bridgehead atoms. The molecule has 3 rings (SSSR count). The molecule has 1 aliphatic rings. The highest BCUT2D eigenvalue weighted by molar-refractivity contribution is 6.46. The summed E-state index contributed by atoms with van der Waals surface area (Å²) in [5, 5.41) is 0. The largest absolute Gasteiger partial charge is 0.474 e. The SMILES string of the molecule is Cc1ccc(/C(=N\c2c(C(C)C)cccc2C(C)C)C2=N[C@@H](C(C)(C)C)CO2)cc1. The topological polar surface area (TPSA) is 34.0 Å². The zero-order valence-electron chi connectivity index (χ0n) is 19.8. The number of hydrogen-bond acceptors (Lipinski definition) is 3. The molecule has 2 aromatic carbocycles. The first-order chi connectivity index (χ1) is 14.1. The van der Waals surface area contributed by atoms with Crippen LogP contribution in [0.1, 0.15) is 82.6 Å². The Labute approximate surface area is 182 Å². The predicted octanol–water partition coefficient (Wildman–Crippen LogP) is 7.21. The maximum atomic E-state index is 6.13. The van der Waals surface area contributed by atoms with Crippen molar-refractivity contribution in [2.45, 2.75) is 73.3 Å². The molecule has 0 unspecified atom stereocenters. The lowest BCUT2D eigenvalue weighted by atomic mass is 9.88. The van der Waals surface area contributed by atoms with Crippen LogP contribution in [0.25, 0.3) is 0 Å². The fourth-order valence-corrected chi connectivity index (χ4v) is 3.65. The molecule has 0 fully saturated rings. The molecule has 0 saturated carbocycles. The molecule has 1 atom stereocenters. The quantitative estimate of drug-likeness (QED) is 0.485. The van der Waals surface area contributed by atoms with Crippen LogP contribution in [-0.4, -0.2) is 24.3 Å². The lowest BCUT2D eigenvalue weighted by molar-refractivity contribution is 0.237. The van der Waals surface area contributed by atoms with E-state index in [1.165, 1.54) is 16.7 Å². The third-order valence-corrected chi connectivity index (χ3v) is 5.74. The van der Waals surface area contributed by atoms with Crippen LogP contribution in [0.4, 0.5) is 5.69 Å². The number of benzene rings is 2. The molecule has 160 valence electrons. The molecule has 0 saturated heterocycles. The van der Waals surface area contributed by atoms with Crippen molar-refractivity contribution in [1.29, 1.82) is 0 Å². The maximum Gasteiger partial charge on any atom is 0.236 e. The summed E-state index contributed by atoms with van der Waals surface area (Å²) in [6, 6.07) is 15.2. The van der Waals surface area contributed by atoms with Crippen molar-refractivity contribution in [1.82, 2.24) is 0 Å². The molecule has 0 radical (unpaired) electrons. The average molecular weight is 405 g/mol. The number of nitrogens with zero attached hydrogens (tertiary/aromatic N) is 2. The van der Waals surface area contributed by atoms with E-state index in [9.17, 15) is 0 Å². The van der Waals surface area contributed by atoms with Crippen molar-refractivity contribution in [2.24, 2.45) is 15.4 Å². The molecular formula is C27H36N2O. The van der Waals surface area contributed by atoms with E-state index in [-0.39, 0.29) is 11.5 Å². The first-order valence-electron chi connectivity index (χ1n) is 11.1. The van der Waals surface area contributed by atoms with Gasteiger partial charge >= 0.3 is 0 Å². The number of rotatable bonds is 5. The summed E-state index contributed by atoms with van der Waals surface area (Å²) < 4.78 is 6.13. The number of para-hydroxylation sites is 1. The van der Waals surface area contributed by atoms with Gasteiger partial charge in [0.2, 0.25) is 5.90 Å². The van der Waals surface area contributed by atoms with Gasteiger partial charge < -0.3 is 4.74 Å². The Morgan fingerprint density at radius 2 is 1.53 bits per heavy atom. The van der Waals surface area contributed by atoms with Crippen LogP contribution >= 0.6 is 0 Å². The molecule has 0 spiro atoms. The van der Waals surface area contributed by atoms with Gasteiger partial charge in [-0.15, -0.1) is 0 Å². The lowest BCUT2D eigenvalue weighted by Crippen LogP contribution is -2.25. The number of ether oxygens (including phenoxy) is 1. The first kappa shape index (κ1) is 22.3. The summed E-state index contributed by atoms with van der Waals surface area (Å²) in [6.45, 7) is 18.2. The normalized spacial score (nSPS) is 17.5. The zero-order valence-corrected chi connectivity index (χ0v) is 19.8. The summed E-state index contributed by atoms with van der Waals surface area (Å²) in [7, 11) is 0. The number of hydrogen-bond donors (Lipinski definition) is 0. The minimum atomic E-state index is 0.0546. The van der Waals surface area contributed by atoms with Crippen LogP contribution in [0.5, 0.6) is 0 Å². The van der Waals surface area contributed by atoms with Gasteiger partial charge in [0.1, 0.15) is 12.3 Å². The van der Waals surface area contributed by atoms with E-state index in [2.05, 4.69) is 97.9 Å². The minimum Gasteiger partial charge on any atom is -0.474 e. The Hall–Kier alpha value is -2.42. The minimum absolute atomic E-state index is 0.0546. The molecule has 0 amide bonds. The van der Waals surface area contributed by atoms with Crippen molar-refractivity contribution in [3.05, 3.63) is 64.7 Å². The molecule has 2 aromatic rings. The highest BCUT2D eigenvalue weighted by Crippen LogP contribution is 2.36. The van der Waals surface area contributed by atoms with Crippen molar-refractivity contribution < 1.29 is 4.74 Å². The molecule has 3 heteroatoms. The first-order valence-corrected chi connectivity index (χ1v) is 11.1. The molecule has 0 aromatic heterocycles. The van der Waals surface area contributed by atoms with E-state index in [1.807, 2.05) is 0 Å². The van der Waals surface area contributed by atoms with Gasteiger partial charge in [-0.05, 0) is 35.3 Å². The van der Waals surface area contributed by atoms with E-state index in [0.717, 1.165) is 17.0 Å². The summed E-state index contributed by atoms with van der Waals surface area (Å²) in [6.07, 6.45) is 0. The summed E-state index contributed by atoms with van der Waals surface area (Å²) in [4.78, 5) is 10.2. The Morgan fingerprint density at radius 3 is 2.00 bits per heavy atom. The fourth-order valence-electron chi connectivity index (χ4n) is 3.65. The number of aryl methyl sites for hydroxylation is 1. The second-order valence-corrected chi connectivity index (χ2v) is 10.0. The van der Waals surface area contributed by atoms with Gasteiger partial charge in [0.25, 0.3) is 0 Å². The van der Waals surface area contributed by atoms with Gasteiger partial charge in [-0.2, -0.15) is 0 Å². The van der Waals surface area contributed by atoms with Gasteiger partial charge in [-0.3, -0.25) is 0 Å². The Bertz CT molecular complexity index is 918. The highest BCUT2D eigenvalue weighted by Gasteiger charge is 2.32. The molecule has 30 heavy (non-hydrogen) atoms. The van der Waals surface area contributed by atoms with Gasteiger partial charge in [0, 0.05) is 5.56 Å². The third kappa shape index (κ3) is 4.83. The Balaban J connectivity index is 2.22. The van der Waals surface area contributed by atoms with E-state index in [1.54, 1.807) is 0 Å². The van der Waals surface area contributed by atoms with E-state index < -0.39 is 0 Å². The van der Waals surface area contributed by atoms with Gasteiger partial charge in [-0.1, -0.05) is 96.5 Å². The molecule has 1 aliphatic heterocycles. The lowest BCUT2D eigenvalue weighted by Gasteiger charge is -2.21. The average Bonchev–Trinajstić information content (AvgIpc) is 3.17. The standard InChI is InChI=1S/C27H36N2O/c1-17(2)21-10-9-11-22(18(3)4)25(21)29-24(20-14-12-19(5)13-15-20)26-28-23(16-30-26)27(6,7)8/h9-15,17-18,23H,16H2,1-8H3/b29-24+/t23-/m1/s1. The van der Waals surface area contributed by atoms with Crippen LogP contribution < -0.4 is 0 Å². The summed E-state index contributed by atoms with van der Waals surface area (Å²) >= 11 is 0. The van der Waals surface area contributed by atoms with Crippen molar-refractivity contribution in [3.63, 3.8) is 0 Å². The van der Waals surface area contributed by atoms with Crippen LogP contribution in [0.15, 0.2) is 52.4 Å².